The zero-order valence-electron chi connectivity index (χ0n) is 11.7. The largest absolute Gasteiger partial charge is 0.383 e. The summed E-state index contributed by atoms with van der Waals surface area (Å²) in [5.41, 5.74) is 1.69. The van der Waals surface area contributed by atoms with E-state index < -0.39 is 0 Å². The van der Waals surface area contributed by atoms with Crippen LogP contribution in [0.5, 0.6) is 0 Å². The summed E-state index contributed by atoms with van der Waals surface area (Å²) < 4.78 is 6.91. The number of aromatic nitrogens is 2. The quantitative estimate of drug-likeness (QED) is 0.863. The molecule has 0 amide bonds. The second-order valence-corrected chi connectivity index (χ2v) is 5.65. The van der Waals surface area contributed by atoms with Crippen LogP contribution in [0.3, 0.4) is 0 Å². The molecule has 0 saturated heterocycles. The maximum Gasteiger partial charge on any atom is 0.0837 e. The van der Waals surface area contributed by atoms with Crippen molar-refractivity contribution >= 4 is 34.8 Å². The Kier molecular flexibility index (Phi) is 5.90. The number of hydrogen-bond acceptors (Lipinski definition) is 3. The molecule has 1 atom stereocenters. The minimum atomic E-state index is -0.206. The highest BCUT2D eigenvalue weighted by Crippen LogP contribution is 2.35. The highest BCUT2D eigenvalue weighted by atomic mass is 35.5. The van der Waals surface area contributed by atoms with Gasteiger partial charge in [-0.25, -0.2) is 0 Å². The molecule has 1 aromatic carbocycles. The van der Waals surface area contributed by atoms with Crippen molar-refractivity contribution in [1.82, 2.24) is 15.1 Å². The molecule has 21 heavy (non-hydrogen) atoms. The minimum Gasteiger partial charge on any atom is -0.383 e. The van der Waals surface area contributed by atoms with Gasteiger partial charge in [-0.15, -0.1) is 0 Å². The first-order chi connectivity index (χ1) is 10.1. The van der Waals surface area contributed by atoms with Gasteiger partial charge in [-0.2, -0.15) is 5.10 Å². The molecule has 2 rings (SSSR count). The molecule has 0 spiro atoms. The van der Waals surface area contributed by atoms with E-state index in [1.165, 1.54) is 0 Å². The topological polar surface area (TPSA) is 39.1 Å². The van der Waals surface area contributed by atoms with Crippen LogP contribution in [0.4, 0.5) is 0 Å². The predicted octanol–water partition coefficient (Wildman–Crippen LogP) is 3.80. The van der Waals surface area contributed by atoms with Crippen molar-refractivity contribution in [2.75, 3.05) is 20.8 Å². The van der Waals surface area contributed by atoms with E-state index in [1.807, 2.05) is 23.9 Å². The van der Waals surface area contributed by atoms with Crippen molar-refractivity contribution in [2.24, 2.45) is 0 Å². The van der Waals surface area contributed by atoms with E-state index >= 15 is 0 Å². The van der Waals surface area contributed by atoms with E-state index in [1.54, 1.807) is 19.4 Å². The van der Waals surface area contributed by atoms with Gasteiger partial charge >= 0.3 is 0 Å². The summed E-state index contributed by atoms with van der Waals surface area (Å²) in [6.45, 7) is 1.15. The molecule has 114 valence electrons. The van der Waals surface area contributed by atoms with E-state index in [4.69, 9.17) is 39.5 Å². The van der Waals surface area contributed by atoms with Crippen LogP contribution < -0.4 is 5.32 Å². The zero-order chi connectivity index (χ0) is 15.4. The van der Waals surface area contributed by atoms with Gasteiger partial charge in [0.15, 0.2) is 0 Å². The fourth-order valence-electron chi connectivity index (χ4n) is 2.20. The van der Waals surface area contributed by atoms with Crippen molar-refractivity contribution in [2.45, 2.75) is 12.6 Å². The maximum atomic E-state index is 6.32. The smallest absolute Gasteiger partial charge is 0.0837 e. The lowest BCUT2D eigenvalue weighted by atomic mass is 10.0. The summed E-state index contributed by atoms with van der Waals surface area (Å²) in [6, 6.07) is 5.32. The highest BCUT2D eigenvalue weighted by Gasteiger charge is 2.23. The lowest BCUT2D eigenvalue weighted by Crippen LogP contribution is -2.23. The lowest BCUT2D eigenvalue weighted by Gasteiger charge is -2.20. The molecule has 7 heteroatoms. The number of methoxy groups -OCH3 is 1. The van der Waals surface area contributed by atoms with Gasteiger partial charge in [0.05, 0.1) is 46.2 Å². The molecule has 1 N–H and O–H groups in total. The SMILES string of the molecule is CNC(c1cccc(Cl)c1Cl)c1c(Cl)cnn1CCOC. The van der Waals surface area contributed by atoms with Crippen molar-refractivity contribution in [3.63, 3.8) is 0 Å². The fourth-order valence-corrected chi connectivity index (χ4v) is 2.87. The Morgan fingerprint density at radius 2 is 2.05 bits per heavy atom. The van der Waals surface area contributed by atoms with E-state index in [-0.39, 0.29) is 6.04 Å². The molecular formula is C14H16Cl3N3O. The molecule has 4 nitrogen and oxygen atoms in total. The van der Waals surface area contributed by atoms with E-state index in [0.29, 0.717) is 28.2 Å². The van der Waals surface area contributed by atoms with E-state index in [2.05, 4.69) is 10.4 Å². The van der Waals surface area contributed by atoms with Crippen LogP contribution >= 0.6 is 34.8 Å². The second kappa shape index (κ2) is 7.47. The Hall–Kier alpha value is -0.780. The fraction of sp³-hybridized carbons (Fsp3) is 0.357. The molecule has 0 aliphatic rings. The van der Waals surface area contributed by atoms with Crippen LogP contribution in [0.15, 0.2) is 24.4 Å². The first kappa shape index (κ1) is 16.6. The van der Waals surface area contributed by atoms with Gasteiger partial charge in [-0.3, -0.25) is 4.68 Å². The average molecular weight is 349 g/mol. The lowest BCUT2D eigenvalue weighted by molar-refractivity contribution is 0.182. The third-order valence-corrected chi connectivity index (χ3v) is 4.32. The Bertz CT molecular complexity index is 616. The molecule has 0 aliphatic carbocycles. The number of halogens is 3. The summed E-state index contributed by atoms with van der Waals surface area (Å²) in [5, 5.41) is 9.09. The second-order valence-electron chi connectivity index (χ2n) is 4.46. The average Bonchev–Trinajstić information content (AvgIpc) is 2.83. The van der Waals surface area contributed by atoms with Gasteiger partial charge in [0.1, 0.15) is 0 Å². The first-order valence-electron chi connectivity index (χ1n) is 6.41. The Balaban J connectivity index is 2.46. The summed E-state index contributed by atoms with van der Waals surface area (Å²) in [7, 11) is 3.49. The van der Waals surface area contributed by atoms with Crippen LogP contribution in [0, 0.1) is 0 Å². The van der Waals surface area contributed by atoms with Crippen molar-refractivity contribution in [3.8, 4) is 0 Å². The number of benzene rings is 1. The summed E-state index contributed by atoms with van der Waals surface area (Å²) in [5.74, 6) is 0. The monoisotopic (exact) mass is 347 g/mol. The zero-order valence-corrected chi connectivity index (χ0v) is 14.0. The molecular weight excluding hydrogens is 333 g/mol. The number of rotatable bonds is 6. The van der Waals surface area contributed by atoms with Crippen LogP contribution in [0.1, 0.15) is 17.3 Å². The van der Waals surface area contributed by atoms with Gasteiger partial charge < -0.3 is 10.1 Å². The summed E-state index contributed by atoms with van der Waals surface area (Å²) in [4.78, 5) is 0. The van der Waals surface area contributed by atoms with Crippen molar-refractivity contribution in [3.05, 3.63) is 50.7 Å². The third-order valence-electron chi connectivity index (χ3n) is 3.20. The summed E-state index contributed by atoms with van der Waals surface area (Å²) in [6.07, 6.45) is 1.62. The van der Waals surface area contributed by atoms with Gasteiger partial charge in [0.25, 0.3) is 0 Å². The van der Waals surface area contributed by atoms with Gasteiger partial charge in [-0.1, -0.05) is 46.9 Å². The molecule has 0 radical (unpaired) electrons. The molecule has 1 heterocycles. The molecule has 0 saturated carbocycles. The van der Waals surface area contributed by atoms with Gasteiger partial charge in [0, 0.05) is 7.11 Å². The van der Waals surface area contributed by atoms with E-state index in [9.17, 15) is 0 Å². The highest BCUT2D eigenvalue weighted by molar-refractivity contribution is 6.42. The Morgan fingerprint density at radius 3 is 2.71 bits per heavy atom. The van der Waals surface area contributed by atoms with Gasteiger partial charge in [0.2, 0.25) is 0 Å². The van der Waals surface area contributed by atoms with Crippen LogP contribution in [-0.4, -0.2) is 30.5 Å². The predicted molar refractivity (Wildman–Crippen MR) is 86.5 cm³/mol. The number of ether oxygens (including phenoxy) is 1. The summed E-state index contributed by atoms with van der Waals surface area (Å²) >= 11 is 18.7. The van der Waals surface area contributed by atoms with Crippen LogP contribution in [0.2, 0.25) is 15.1 Å². The standard InChI is InChI=1S/C14H16Cl3N3O/c1-18-13(9-4-3-5-10(15)12(9)17)14-11(16)8-19-20(14)6-7-21-2/h3-5,8,13,18H,6-7H2,1-2H3. The van der Waals surface area contributed by atoms with Gasteiger partial charge in [-0.05, 0) is 18.7 Å². The molecule has 1 unspecified atom stereocenters. The molecule has 0 aliphatic heterocycles. The Labute approximate surface area is 138 Å². The minimum absolute atomic E-state index is 0.206. The maximum absolute atomic E-state index is 6.32. The normalized spacial score (nSPS) is 12.6. The molecule has 1 aromatic heterocycles. The van der Waals surface area contributed by atoms with Crippen LogP contribution in [-0.2, 0) is 11.3 Å². The number of nitrogens with one attached hydrogen (secondary N) is 1. The molecule has 2 aromatic rings. The molecule has 0 bridgehead atoms. The third kappa shape index (κ3) is 3.52. The van der Waals surface area contributed by atoms with Crippen LogP contribution in [0.25, 0.3) is 0 Å². The van der Waals surface area contributed by atoms with Crippen molar-refractivity contribution in [1.29, 1.82) is 0 Å². The number of hydrogen-bond donors (Lipinski definition) is 1. The van der Waals surface area contributed by atoms with Crippen molar-refractivity contribution < 1.29 is 4.74 Å². The number of nitrogens with zero attached hydrogens (tertiary/aromatic N) is 2. The molecule has 0 fully saturated rings. The first-order valence-corrected chi connectivity index (χ1v) is 7.54. The van der Waals surface area contributed by atoms with E-state index in [0.717, 1.165) is 11.3 Å². The Morgan fingerprint density at radius 1 is 1.29 bits per heavy atom.